The van der Waals surface area contributed by atoms with E-state index in [0.717, 1.165) is 37.1 Å². The lowest BCUT2D eigenvalue weighted by Gasteiger charge is -2.31. The van der Waals surface area contributed by atoms with E-state index in [4.69, 9.17) is 11.8 Å². The predicted molar refractivity (Wildman–Crippen MR) is 156 cm³/mol. The molecule has 0 saturated carbocycles. The van der Waals surface area contributed by atoms with Crippen molar-refractivity contribution in [3.8, 4) is 22.5 Å². The molecule has 1 heterocycles. The first-order valence-electron chi connectivity index (χ1n) is 13.7. The molecule has 0 aliphatic heterocycles. The van der Waals surface area contributed by atoms with Gasteiger partial charge in [-0.2, -0.15) is 0 Å². The number of benzene rings is 3. The molecule has 192 valence electrons. The lowest BCUT2D eigenvalue weighted by molar-refractivity contribution is -0.829. The summed E-state index contributed by atoms with van der Waals surface area (Å²) >= 11 is 7.31. The number of hydrogen-bond acceptors (Lipinski definition) is 0. The van der Waals surface area contributed by atoms with E-state index in [2.05, 4.69) is 134 Å². The number of allylic oxidation sites excluding steroid dienone is 4. The van der Waals surface area contributed by atoms with Crippen LogP contribution >= 0.6 is 11.8 Å². The highest BCUT2D eigenvalue weighted by molar-refractivity contribution is 6.13. The smallest absolute Gasteiger partial charge is 0.0836 e. The SMILES string of the molecule is CC1(C)CCC(C)(C)c2c1[n+](-c1ccc(C3=CCCC=C3)cc1)n(Cl)[n+]2-c1ccc(-c2ccccc2)cc1. The molecule has 0 N–H and O–H groups in total. The van der Waals surface area contributed by atoms with Crippen molar-refractivity contribution in [3.63, 3.8) is 0 Å². The fourth-order valence-corrected chi connectivity index (χ4v) is 6.35. The second-order valence-corrected chi connectivity index (χ2v) is 12.2. The molecule has 2 aliphatic rings. The molecule has 4 aromatic rings. The fourth-order valence-electron chi connectivity index (χ4n) is 6.03. The molecule has 4 heteroatoms. The summed E-state index contributed by atoms with van der Waals surface area (Å²) in [6.07, 6.45) is 11.3. The minimum atomic E-state index is -0.0253. The highest BCUT2D eigenvalue weighted by Gasteiger charge is 2.56. The van der Waals surface area contributed by atoms with Crippen LogP contribution in [0, 0.1) is 0 Å². The monoisotopic (exact) mass is 521 g/mol. The van der Waals surface area contributed by atoms with Crippen LogP contribution in [0.5, 0.6) is 0 Å². The Balaban J connectivity index is 1.52. The van der Waals surface area contributed by atoms with Gasteiger partial charge in [0.25, 0.3) is 11.4 Å². The van der Waals surface area contributed by atoms with Crippen molar-refractivity contribution < 1.29 is 9.36 Å². The highest BCUT2D eigenvalue weighted by atomic mass is 35.5. The van der Waals surface area contributed by atoms with Crippen molar-refractivity contribution in [1.29, 1.82) is 0 Å². The molecule has 0 spiro atoms. The molecule has 0 bridgehead atoms. The average molecular weight is 522 g/mol. The van der Waals surface area contributed by atoms with Crippen LogP contribution in [0.2, 0.25) is 0 Å². The summed E-state index contributed by atoms with van der Waals surface area (Å²) in [4.78, 5) is 0. The van der Waals surface area contributed by atoms with E-state index >= 15 is 0 Å². The van der Waals surface area contributed by atoms with Crippen LogP contribution < -0.4 is 9.36 Å². The molecule has 0 unspecified atom stereocenters. The molecule has 0 amide bonds. The molecule has 3 aromatic carbocycles. The Morgan fingerprint density at radius 1 is 0.632 bits per heavy atom. The van der Waals surface area contributed by atoms with E-state index in [0.29, 0.717) is 0 Å². The van der Waals surface area contributed by atoms with Crippen molar-refractivity contribution in [2.45, 2.75) is 64.2 Å². The summed E-state index contributed by atoms with van der Waals surface area (Å²) in [7, 11) is 0. The Labute approximate surface area is 231 Å². The molecule has 38 heavy (non-hydrogen) atoms. The maximum atomic E-state index is 7.31. The summed E-state index contributed by atoms with van der Waals surface area (Å²) in [6.45, 7) is 9.40. The van der Waals surface area contributed by atoms with Gasteiger partial charge in [-0.3, -0.25) is 0 Å². The fraction of sp³-hybridized carbons (Fsp3) is 0.294. The Bertz CT molecular complexity index is 1540. The van der Waals surface area contributed by atoms with Crippen LogP contribution in [0.15, 0.2) is 97.1 Å². The third-order valence-electron chi connectivity index (χ3n) is 8.29. The molecule has 6 rings (SSSR count). The summed E-state index contributed by atoms with van der Waals surface area (Å²) in [5.74, 6) is 0. The lowest BCUT2D eigenvalue weighted by atomic mass is 9.67. The van der Waals surface area contributed by atoms with Crippen LogP contribution in [0.3, 0.4) is 0 Å². The van der Waals surface area contributed by atoms with Crippen LogP contribution in [-0.2, 0) is 10.8 Å². The summed E-state index contributed by atoms with van der Waals surface area (Å²) in [5, 5.41) is 0. The Morgan fingerprint density at radius 2 is 1.13 bits per heavy atom. The molecular weight excluding hydrogens is 486 g/mol. The average Bonchev–Trinajstić information content (AvgIpc) is 3.28. The maximum absolute atomic E-state index is 7.31. The molecule has 2 aliphatic carbocycles. The number of fused-ring (bicyclic) bond motifs is 1. The van der Waals surface area contributed by atoms with Crippen LogP contribution in [0.25, 0.3) is 28.1 Å². The number of nitrogens with zero attached hydrogens (tertiary/aromatic N) is 3. The minimum Gasteiger partial charge on any atom is -0.0836 e. The minimum absolute atomic E-state index is 0.0238. The van der Waals surface area contributed by atoms with E-state index in [9.17, 15) is 0 Å². The van der Waals surface area contributed by atoms with Gasteiger partial charge >= 0.3 is 0 Å². The Morgan fingerprint density at radius 3 is 1.63 bits per heavy atom. The predicted octanol–water partition coefficient (Wildman–Crippen LogP) is 7.79. The lowest BCUT2D eigenvalue weighted by Crippen LogP contribution is -2.52. The van der Waals surface area contributed by atoms with Crippen molar-refractivity contribution in [3.05, 3.63) is 114 Å². The van der Waals surface area contributed by atoms with Gasteiger partial charge in [0, 0.05) is 24.3 Å². The molecule has 0 fully saturated rings. The summed E-state index contributed by atoms with van der Waals surface area (Å²) in [5.41, 5.74) is 9.60. The van der Waals surface area contributed by atoms with Crippen LogP contribution in [-0.4, -0.2) is 4.32 Å². The zero-order valence-electron chi connectivity index (χ0n) is 22.8. The normalized spacial score (nSPS) is 17.7. The zero-order chi connectivity index (χ0) is 26.5. The topological polar surface area (TPSA) is 12.7 Å². The molecular formula is C34H36ClN3+2. The first-order chi connectivity index (χ1) is 18.3. The van der Waals surface area contributed by atoms with E-state index in [1.165, 1.54) is 33.7 Å². The summed E-state index contributed by atoms with van der Waals surface area (Å²) in [6, 6.07) is 28.1. The van der Waals surface area contributed by atoms with Gasteiger partial charge in [0.05, 0.1) is 10.8 Å². The number of hydrogen-bond donors (Lipinski definition) is 0. The second kappa shape index (κ2) is 9.39. The number of rotatable bonds is 4. The van der Waals surface area contributed by atoms with Crippen LogP contribution in [0.1, 0.15) is 70.3 Å². The van der Waals surface area contributed by atoms with Crippen molar-refractivity contribution >= 4 is 17.3 Å². The molecule has 3 nitrogen and oxygen atoms in total. The third kappa shape index (κ3) is 4.23. The number of aromatic nitrogens is 3. The largest absolute Gasteiger partial charge is 0.295 e. The van der Waals surface area contributed by atoms with Gasteiger partial charge in [0.2, 0.25) is 11.4 Å². The van der Waals surface area contributed by atoms with E-state index in [1.807, 2.05) is 0 Å². The van der Waals surface area contributed by atoms with Gasteiger partial charge in [-0.15, -0.1) is 0 Å². The Kier molecular flexibility index (Phi) is 6.15. The molecule has 0 radical (unpaired) electrons. The molecule has 1 aromatic heterocycles. The van der Waals surface area contributed by atoms with Gasteiger partial charge in [0.15, 0.2) is 16.1 Å². The first-order valence-corrected chi connectivity index (χ1v) is 14.0. The highest BCUT2D eigenvalue weighted by Crippen LogP contribution is 2.43. The van der Waals surface area contributed by atoms with Crippen molar-refractivity contribution in [1.82, 2.24) is 4.32 Å². The van der Waals surface area contributed by atoms with E-state index < -0.39 is 0 Å². The maximum Gasteiger partial charge on any atom is 0.295 e. The third-order valence-corrected chi connectivity index (χ3v) is 8.60. The van der Waals surface area contributed by atoms with E-state index in [1.54, 1.807) is 4.32 Å². The number of halogens is 1. The summed E-state index contributed by atoms with van der Waals surface area (Å²) < 4.78 is 6.23. The Hall–Kier alpha value is -3.43. The van der Waals surface area contributed by atoms with Crippen LogP contribution in [0.4, 0.5) is 0 Å². The standard InChI is InChI=1S/C34H36ClN3/c1-33(2)23-24-34(3,4)32-31(33)36(29-19-15-27(16-20-29)25-11-7-5-8-12-25)38(35)37(32)30-21-17-28(18-22-30)26-13-9-6-10-14-26/h5,7-9,11-22H,6,10,23-24H2,1-4H3/q+2. The van der Waals surface area contributed by atoms with Gasteiger partial charge in [0.1, 0.15) is 0 Å². The van der Waals surface area contributed by atoms with Gasteiger partial charge < -0.3 is 0 Å². The van der Waals surface area contributed by atoms with Crippen molar-refractivity contribution in [2.24, 2.45) is 0 Å². The quantitative estimate of drug-likeness (QED) is 0.243. The van der Waals surface area contributed by atoms with Gasteiger partial charge in [-0.1, -0.05) is 48.6 Å². The first kappa shape index (κ1) is 24.9. The van der Waals surface area contributed by atoms with E-state index in [-0.39, 0.29) is 10.8 Å². The van der Waals surface area contributed by atoms with Crippen molar-refractivity contribution in [2.75, 3.05) is 0 Å². The second-order valence-electron chi connectivity index (χ2n) is 11.9. The van der Waals surface area contributed by atoms with Gasteiger partial charge in [-0.25, -0.2) is 0 Å². The zero-order valence-corrected chi connectivity index (χ0v) is 23.5. The molecule has 0 atom stereocenters. The molecule has 0 saturated heterocycles. The van der Waals surface area contributed by atoms with Gasteiger partial charge in [-0.05, 0) is 109 Å².